The zero-order valence-corrected chi connectivity index (χ0v) is 13.6. The monoisotopic (exact) mass is 319 g/mol. The Labute approximate surface area is 136 Å². The Hall–Kier alpha value is -1.89. The fraction of sp³-hybridized carbons (Fsp3) is 0.688. The zero-order chi connectivity index (χ0) is 16.2. The fourth-order valence-corrected chi connectivity index (χ4v) is 3.51. The molecular formula is C16H25N5O2. The molecule has 0 spiro atoms. The van der Waals surface area contributed by atoms with Crippen LogP contribution >= 0.6 is 0 Å². The smallest absolute Gasteiger partial charge is 0.242 e. The van der Waals surface area contributed by atoms with Gasteiger partial charge in [-0.25, -0.2) is 0 Å². The molecule has 0 aromatic carbocycles. The van der Waals surface area contributed by atoms with Gasteiger partial charge in [0.25, 0.3) is 0 Å². The molecule has 23 heavy (non-hydrogen) atoms. The van der Waals surface area contributed by atoms with Crippen molar-refractivity contribution in [1.82, 2.24) is 25.3 Å². The van der Waals surface area contributed by atoms with Gasteiger partial charge >= 0.3 is 0 Å². The highest BCUT2D eigenvalue weighted by Crippen LogP contribution is 2.31. The fourth-order valence-electron chi connectivity index (χ4n) is 3.51. The predicted molar refractivity (Wildman–Crippen MR) is 85.5 cm³/mol. The lowest BCUT2D eigenvalue weighted by molar-refractivity contribution is -0.129. The number of carbonyl (C=O) groups is 2. The molecule has 3 rings (SSSR count). The van der Waals surface area contributed by atoms with Crippen molar-refractivity contribution >= 4 is 11.8 Å². The molecule has 0 saturated carbocycles. The molecule has 2 saturated heterocycles. The Bertz CT molecular complexity index is 571. The highest BCUT2D eigenvalue weighted by molar-refractivity contribution is 5.88. The molecule has 0 radical (unpaired) electrons. The minimum Gasteiger partial charge on any atom is -0.354 e. The normalized spacial score (nSPS) is 25.9. The molecule has 7 nitrogen and oxygen atoms in total. The van der Waals surface area contributed by atoms with Gasteiger partial charge in [-0.1, -0.05) is 0 Å². The summed E-state index contributed by atoms with van der Waals surface area (Å²) in [7, 11) is 1.90. The minimum atomic E-state index is -0.385. The number of nitrogens with one attached hydrogen (secondary N) is 2. The van der Waals surface area contributed by atoms with E-state index in [1.54, 1.807) is 4.68 Å². The van der Waals surface area contributed by atoms with E-state index in [0.29, 0.717) is 13.1 Å². The first-order valence-corrected chi connectivity index (χ1v) is 8.43. The number of hydrogen-bond donors (Lipinski definition) is 2. The van der Waals surface area contributed by atoms with Gasteiger partial charge in [-0.05, 0) is 38.6 Å². The summed E-state index contributed by atoms with van der Waals surface area (Å²) in [5.74, 6) is -0.121. The highest BCUT2D eigenvalue weighted by Gasteiger charge is 2.30. The molecule has 126 valence electrons. The minimum absolute atomic E-state index is 0.0546. The molecule has 0 unspecified atom stereocenters. The molecule has 0 bridgehead atoms. The molecule has 2 amide bonds. The van der Waals surface area contributed by atoms with Gasteiger partial charge in [0.1, 0.15) is 6.04 Å². The lowest BCUT2D eigenvalue weighted by Gasteiger charge is -2.24. The Kier molecular flexibility index (Phi) is 4.95. The van der Waals surface area contributed by atoms with Crippen molar-refractivity contribution in [2.45, 2.75) is 44.2 Å². The first kappa shape index (κ1) is 16.0. The van der Waals surface area contributed by atoms with Crippen LogP contribution in [-0.2, 0) is 16.6 Å². The van der Waals surface area contributed by atoms with E-state index in [1.165, 1.54) is 0 Å². The van der Waals surface area contributed by atoms with Crippen LogP contribution in [0.1, 0.15) is 43.7 Å². The van der Waals surface area contributed by atoms with E-state index in [-0.39, 0.29) is 23.9 Å². The second-order valence-electron chi connectivity index (χ2n) is 6.48. The zero-order valence-electron chi connectivity index (χ0n) is 13.6. The maximum absolute atomic E-state index is 12.4. The van der Waals surface area contributed by atoms with Crippen LogP contribution in [0.4, 0.5) is 0 Å². The third-order valence-corrected chi connectivity index (χ3v) is 4.69. The lowest BCUT2D eigenvalue weighted by atomic mass is 10.1. The lowest BCUT2D eigenvalue weighted by Crippen LogP contribution is -2.48. The first-order chi connectivity index (χ1) is 11.1. The number of aromatic nitrogens is 2. The van der Waals surface area contributed by atoms with Gasteiger partial charge in [0.2, 0.25) is 11.8 Å². The largest absolute Gasteiger partial charge is 0.354 e. The van der Waals surface area contributed by atoms with Crippen LogP contribution in [0.15, 0.2) is 12.4 Å². The number of amides is 2. The summed E-state index contributed by atoms with van der Waals surface area (Å²) in [6, 6.07) is -0.137. The van der Waals surface area contributed by atoms with Gasteiger partial charge in [-0.3, -0.25) is 19.2 Å². The number of likely N-dealkylation sites (tertiary alicyclic amines) is 1. The average molecular weight is 319 g/mol. The van der Waals surface area contributed by atoms with Crippen LogP contribution in [0.5, 0.6) is 0 Å². The molecule has 1 aromatic heterocycles. The SMILES string of the molecule is Cn1cc([C@H]2CCCN2CC(=O)N[C@H]2CCCCNC2=O)cn1. The van der Waals surface area contributed by atoms with Crippen molar-refractivity contribution in [3.63, 3.8) is 0 Å². The molecule has 2 atom stereocenters. The summed E-state index contributed by atoms with van der Waals surface area (Å²) in [6.45, 7) is 1.95. The third kappa shape index (κ3) is 3.90. The maximum atomic E-state index is 12.4. The van der Waals surface area contributed by atoms with E-state index >= 15 is 0 Å². The van der Waals surface area contributed by atoms with Gasteiger partial charge in [0.05, 0.1) is 12.7 Å². The van der Waals surface area contributed by atoms with Gasteiger partial charge < -0.3 is 10.6 Å². The second-order valence-corrected chi connectivity index (χ2v) is 6.48. The van der Waals surface area contributed by atoms with Gasteiger partial charge in [-0.15, -0.1) is 0 Å². The van der Waals surface area contributed by atoms with Gasteiger partial charge in [0.15, 0.2) is 0 Å². The van der Waals surface area contributed by atoms with E-state index in [1.807, 2.05) is 19.4 Å². The summed E-state index contributed by atoms with van der Waals surface area (Å²) in [4.78, 5) is 26.5. The van der Waals surface area contributed by atoms with Crippen molar-refractivity contribution in [2.75, 3.05) is 19.6 Å². The molecule has 2 fully saturated rings. The van der Waals surface area contributed by atoms with E-state index < -0.39 is 0 Å². The summed E-state index contributed by atoms with van der Waals surface area (Å²) in [5, 5.41) is 9.98. The maximum Gasteiger partial charge on any atom is 0.242 e. The topological polar surface area (TPSA) is 79.3 Å². The summed E-state index contributed by atoms with van der Waals surface area (Å²) in [5.41, 5.74) is 1.16. The molecular weight excluding hydrogens is 294 g/mol. The van der Waals surface area contributed by atoms with Crippen LogP contribution in [-0.4, -0.2) is 52.2 Å². The summed E-state index contributed by atoms with van der Waals surface area (Å²) in [6.07, 6.45) is 8.68. The second kappa shape index (κ2) is 7.12. The number of aryl methyl sites for hydroxylation is 1. The van der Waals surface area contributed by atoms with Crippen molar-refractivity contribution in [3.05, 3.63) is 18.0 Å². The van der Waals surface area contributed by atoms with Crippen molar-refractivity contribution in [2.24, 2.45) is 7.05 Å². The molecule has 2 aliphatic rings. The molecule has 1 aromatic rings. The number of nitrogens with zero attached hydrogens (tertiary/aromatic N) is 3. The van der Waals surface area contributed by atoms with E-state index in [2.05, 4.69) is 20.6 Å². The third-order valence-electron chi connectivity index (χ3n) is 4.69. The molecule has 2 aliphatic heterocycles. The van der Waals surface area contributed by atoms with E-state index in [9.17, 15) is 9.59 Å². The van der Waals surface area contributed by atoms with Gasteiger partial charge in [0, 0.05) is 31.4 Å². The van der Waals surface area contributed by atoms with Crippen LogP contribution < -0.4 is 10.6 Å². The van der Waals surface area contributed by atoms with Crippen molar-refractivity contribution < 1.29 is 9.59 Å². The first-order valence-electron chi connectivity index (χ1n) is 8.43. The van der Waals surface area contributed by atoms with E-state index in [4.69, 9.17) is 0 Å². The van der Waals surface area contributed by atoms with Crippen LogP contribution in [0.2, 0.25) is 0 Å². The average Bonchev–Trinajstić information content (AvgIpc) is 3.09. The Morgan fingerprint density at radius 1 is 1.39 bits per heavy atom. The Morgan fingerprint density at radius 3 is 3.04 bits per heavy atom. The standard InChI is InChI=1S/C16H25N5O2/c1-20-10-12(9-18-20)14-6-4-8-21(14)11-15(22)19-13-5-2-3-7-17-16(13)23/h9-10,13-14H,2-8,11H2,1H3,(H,17,23)(H,19,22)/t13-,14+/m0/s1. The molecule has 3 heterocycles. The number of rotatable bonds is 4. The summed E-state index contributed by atoms with van der Waals surface area (Å²) >= 11 is 0. The quantitative estimate of drug-likeness (QED) is 0.839. The van der Waals surface area contributed by atoms with Crippen LogP contribution in [0.25, 0.3) is 0 Å². The van der Waals surface area contributed by atoms with Crippen LogP contribution in [0, 0.1) is 0 Å². The number of carbonyl (C=O) groups excluding carboxylic acids is 2. The molecule has 0 aliphatic carbocycles. The highest BCUT2D eigenvalue weighted by atomic mass is 16.2. The van der Waals surface area contributed by atoms with Gasteiger partial charge in [-0.2, -0.15) is 5.10 Å². The van der Waals surface area contributed by atoms with Crippen molar-refractivity contribution in [1.29, 1.82) is 0 Å². The summed E-state index contributed by atoms with van der Waals surface area (Å²) < 4.78 is 1.79. The van der Waals surface area contributed by atoms with Crippen molar-refractivity contribution in [3.8, 4) is 0 Å². The predicted octanol–water partition coefficient (Wildman–Crippen LogP) is 0.342. The molecule has 7 heteroatoms. The Balaban J connectivity index is 1.57. The Morgan fingerprint density at radius 2 is 2.26 bits per heavy atom. The van der Waals surface area contributed by atoms with Crippen LogP contribution in [0.3, 0.4) is 0 Å². The molecule has 2 N–H and O–H groups in total. The van der Waals surface area contributed by atoms with E-state index in [0.717, 1.165) is 44.2 Å². The number of hydrogen-bond acceptors (Lipinski definition) is 4.